The molecular weight excluding hydrogens is 408 g/mol. The molecule has 0 fully saturated rings. The predicted octanol–water partition coefficient (Wildman–Crippen LogP) is 7.42. The van der Waals surface area contributed by atoms with Crippen LogP contribution in [0.15, 0.2) is 24.3 Å². The molecule has 2 aromatic carbocycles. The Morgan fingerprint density at radius 1 is 0.667 bits per heavy atom. The highest BCUT2D eigenvalue weighted by atomic mass is 16.3. The highest BCUT2D eigenvalue weighted by Gasteiger charge is 2.15. The van der Waals surface area contributed by atoms with E-state index in [-0.39, 0.29) is 6.61 Å². The van der Waals surface area contributed by atoms with Crippen LogP contribution in [0.1, 0.15) is 113 Å². The van der Waals surface area contributed by atoms with Crippen molar-refractivity contribution in [1.29, 1.82) is 0 Å². The Morgan fingerprint density at radius 3 is 1.58 bits per heavy atom. The van der Waals surface area contributed by atoms with Crippen molar-refractivity contribution in [2.75, 3.05) is 0 Å². The molecule has 2 heterocycles. The molecule has 5 heteroatoms. The number of aliphatic hydroxyl groups excluding tert-OH is 1. The highest BCUT2D eigenvalue weighted by Crippen LogP contribution is 2.28. The quantitative estimate of drug-likeness (QED) is 0.297. The van der Waals surface area contributed by atoms with E-state index in [1.807, 2.05) is 0 Å². The summed E-state index contributed by atoms with van der Waals surface area (Å²) in [5.74, 6) is 3.85. The zero-order valence-electron chi connectivity index (χ0n) is 21.7. The second-order valence-corrected chi connectivity index (χ2v) is 10.2. The number of rotatable bonds is 5. The number of imidazole rings is 2. The Morgan fingerprint density at radius 2 is 1.12 bits per heavy atom. The Kier molecular flexibility index (Phi) is 7.63. The van der Waals surface area contributed by atoms with E-state index < -0.39 is 0 Å². The Hall–Kier alpha value is -2.66. The number of fused-ring (bicyclic) bond motifs is 2. The smallest absolute Gasteiger partial charge is 0.109 e. The van der Waals surface area contributed by atoms with Crippen molar-refractivity contribution in [2.45, 2.75) is 92.6 Å². The van der Waals surface area contributed by atoms with Gasteiger partial charge in [-0.3, -0.25) is 0 Å². The van der Waals surface area contributed by atoms with Crippen LogP contribution in [0.2, 0.25) is 0 Å². The molecule has 0 amide bonds. The molecule has 2 aromatic heterocycles. The van der Waals surface area contributed by atoms with Gasteiger partial charge < -0.3 is 15.1 Å². The maximum atomic E-state index is 9.56. The second-order valence-electron chi connectivity index (χ2n) is 10.2. The summed E-state index contributed by atoms with van der Waals surface area (Å²) in [7, 11) is 0. The van der Waals surface area contributed by atoms with Crippen molar-refractivity contribution in [1.82, 2.24) is 19.9 Å². The Labute approximate surface area is 198 Å². The lowest BCUT2D eigenvalue weighted by Crippen LogP contribution is -1.97. The lowest BCUT2D eigenvalue weighted by Gasteiger charge is -2.10. The number of nitrogens with one attached hydrogen (secondary N) is 2. The Bertz CT molecular complexity index is 1230. The van der Waals surface area contributed by atoms with Crippen molar-refractivity contribution < 1.29 is 5.11 Å². The topological polar surface area (TPSA) is 77.6 Å². The first-order valence-electron chi connectivity index (χ1n) is 12.2. The molecule has 0 spiro atoms. The first-order chi connectivity index (χ1) is 15.5. The molecule has 33 heavy (non-hydrogen) atoms. The first kappa shape index (κ1) is 25.0. The molecule has 4 rings (SSSR count). The summed E-state index contributed by atoms with van der Waals surface area (Å²) in [6.45, 7) is 19.5. The van der Waals surface area contributed by atoms with Gasteiger partial charge in [0.1, 0.15) is 11.6 Å². The number of aryl methyl sites for hydroxylation is 1. The molecule has 4 aromatic rings. The van der Waals surface area contributed by atoms with Crippen molar-refractivity contribution >= 4 is 22.1 Å². The van der Waals surface area contributed by atoms with Gasteiger partial charge in [-0.05, 0) is 47.6 Å². The van der Waals surface area contributed by atoms with Crippen molar-refractivity contribution in [3.63, 3.8) is 0 Å². The van der Waals surface area contributed by atoms with E-state index in [0.717, 1.165) is 39.3 Å². The third-order valence-electron chi connectivity index (χ3n) is 6.28. The SMILES string of the molecule is CC(C)c1nc2c(CO)c(C(C)C)ccc2[nH]1.Cc1c(C(C)C)ccc2[nH]c(C(C)C)nc12. The number of benzene rings is 2. The van der Waals surface area contributed by atoms with Crippen LogP contribution in [0.3, 0.4) is 0 Å². The van der Waals surface area contributed by atoms with Crippen LogP contribution in [0.25, 0.3) is 22.1 Å². The molecule has 0 aliphatic carbocycles. The van der Waals surface area contributed by atoms with Crippen molar-refractivity contribution in [2.24, 2.45) is 0 Å². The molecule has 0 aliphatic rings. The zero-order chi connectivity index (χ0) is 24.4. The van der Waals surface area contributed by atoms with Crippen LogP contribution in [0.5, 0.6) is 0 Å². The maximum absolute atomic E-state index is 9.56. The van der Waals surface area contributed by atoms with E-state index in [9.17, 15) is 5.11 Å². The fourth-order valence-electron chi connectivity index (χ4n) is 4.29. The largest absolute Gasteiger partial charge is 0.392 e. The second kappa shape index (κ2) is 10.1. The average Bonchev–Trinajstić information content (AvgIpc) is 3.38. The lowest BCUT2D eigenvalue weighted by molar-refractivity contribution is 0.281. The van der Waals surface area contributed by atoms with Gasteiger partial charge in [-0.15, -0.1) is 0 Å². The molecule has 0 saturated carbocycles. The van der Waals surface area contributed by atoms with Gasteiger partial charge >= 0.3 is 0 Å². The van der Waals surface area contributed by atoms with Crippen molar-refractivity contribution in [3.05, 3.63) is 58.2 Å². The summed E-state index contributed by atoms with van der Waals surface area (Å²) in [6, 6.07) is 8.50. The van der Waals surface area contributed by atoms with Crippen LogP contribution in [-0.2, 0) is 6.61 Å². The van der Waals surface area contributed by atoms with E-state index >= 15 is 0 Å². The number of aromatic nitrogens is 4. The fourth-order valence-corrected chi connectivity index (χ4v) is 4.29. The fraction of sp³-hybridized carbons (Fsp3) is 0.500. The predicted molar refractivity (Wildman–Crippen MR) is 139 cm³/mol. The minimum atomic E-state index is 0.0489. The molecule has 0 bridgehead atoms. The molecule has 5 nitrogen and oxygen atoms in total. The van der Waals surface area contributed by atoms with Gasteiger partial charge in [0.05, 0.1) is 28.7 Å². The van der Waals surface area contributed by atoms with Crippen molar-refractivity contribution in [3.8, 4) is 0 Å². The highest BCUT2D eigenvalue weighted by molar-refractivity contribution is 5.81. The zero-order valence-corrected chi connectivity index (χ0v) is 21.7. The molecule has 0 saturated heterocycles. The third-order valence-corrected chi connectivity index (χ3v) is 6.28. The minimum absolute atomic E-state index is 0.0489. The molecule has 0 aliphatic heterocycles. The van der Waals surface area contributed by atoms with Crippen LogP contribution >= 0.6 is 0 Å². The van der Waals surface area contributed by atoms with E-state index in [1.165, 1.54) is 16.7 Å². The van der Waals surface area contributed by atoms with Crippen LogP contribution in [0.4, 0.5) is 0 Å². The molecule has 0 unspecified atom stereocenters. The van der Waals surface area contributed by atoms with E-state index in [1.54, 1.807) is 0 Å². The summed E-state index contributed by atoms with van der Waals surface area (Å²) < 4.78 is 0. The van der Waals surface area contributed by atoms with E-state index in [2.05, 4.69) is 102 Å². The van der Waals surface area contributed by atoms with Gasteiger partial charge in [0.15, 0.2) is 0 Å². The summed E-state index contributed by atoms with van der Waals surface area (Å²) in [5.41, 5.74) is 9.08. The summed E-state index contributed by atoms with van der Waals surface area (Å²) in [6.07, 6.45) is 0. The Balaban J connectivity index is 0.000000186. The van der Waals surface area contributed by atoms with Crippen LogP contribution in [0, 0.1) is 6.92 Å². The van der Waals surface area contributed by atoms with Gasteiger partial charge in [0.2, 0.25) is 0 Å². The standard InChI is InChI=1S/C14H20N2O.C14H20N2/c1-8(2)10-5-6-12-13(11(10)7-17)16-14(15-12)9(3)4;1-8(2)11-6-7-12-13(10(11)5)16-14(15-12)9(3)4/h5-6,8-9,17H,7H2,1-4H3,(H,15,16);6-9H,1-5H3,(H,15,16). The molecule has 178 valence electrons. The van der Waals surface area contributed by atoms with Gasteiger partial charge in [-0.2, -0.15) is 0 Å². The van der Waals surface area contributed by atoms with Crippen LogP contribution in [-0.4, -0.2) is 25.0 Å². The number of aliphatic hydroxyl groups is 1. The molecule has 3 N–H and O–H groups in total. The van der Waals surface area contributed by atoms with Gasteiger partial charge in [-0.1, -0.05) is 67.5 Å². The number of hydrogen-bond donors (Lipinski definition) is 3. The first-order valence-corrected chi connectivity index (χ1v) is 12.2. The monoisotopic (exact) mass is 448 g/mol. The van der Waals surface area contributed by atoms with Gasteiger partial charge in [0.25, 0.3) is 0 Å². The van der Waals surface area contributed by atoms with Crippen LogP contribution < -0.4 is 0 Å². The lowest BCUT2D eigenvalue weighted by atomic mass is 9.96. The molecule has 0 atom stereocenters. The summed E-state index contributed by atoms with van der Waals surface area (Å²) in [4.78, 5) is 16.0. The average molecular weight is 449 g/mol. The third kappa shape index (κ3) is 5.14. The molecule has 0 radical (unpaired) electrons. The minimum Gasteiger partial charge on any atom is -0.392 e. The normalized spacial score (nSPS) is 11.9. The number of nitrogens with zero attached hydrogens (tertiary/aromatic N) is 2. The van der Waals surface area contributed by atoms with Gasteiger partial charge in [-0.25, -0.2) is 9.97 Å². The number of hydrogen-bond acceptors (Lipinski definition) is 3. The summed E-state index contributed by atoms with van der Waals surface area (Å²) >= 11 is 0. The van der Waals surface area contributed by atoms with E-state index in [0.29, 0.717) is 23.7 Å². The number of aromatic amines is 2. The van der Waals surface area contributed by atoms with E-state index in [4.69, 9.17) is 4.98 Å². The summed E-state index contributed by atoms with van der Waals surface area (Å²) in [5, 5.41) is 9.56. The number of H-pyrrole nitrogens is 2. The molecular formula is C28H40N4O. The maximum Gasteiger partial charge on any atom is 0.109 e. The van der Waals surface area contributed by atoms with Gasteiger partial charge in [0, 0.05) is 17.4 Å².